The van der Waals surface area contributed by atoms with Gasteiger partial charge in [-0.25, -0.2) is 4.98 Å². The van der Waals surface area contributed by atoms with E-state index in [4.69, 9.17) is 23.2 Å². The first-order valence-electron chi connectivity index (χ1n) is 9.86. The van der Waals surface area contributed by atoms with Gasteiger partial charge in [0.25, 0.3) is 5.91 Å². The Kier molecular flexibility index (Phi) is 6.20. The van der Waals surface area contributed by atoms with Gasteiger partial charge in [0.1, 0.15) is 11.5 Å². The van der Waals surface area contributed by atoms with Gasteiger partial charge in [-0.1, -0.05) is 36.2 Å². The Morgan fingerprint density at radius 1 is 1.20 bits per heavy atom. The minimum Gasteiger partial charge on any atom is -0.368 e. The summed E-state index contributed by atoms with van der Waals surface area (Å²) in [7, 11) is 0. The lowest BCUT2D eigenvalue weighted by atomic mass is 9.90. The van der Waals surface area contributed by atoms with E-state index in [9.17, 15) is 4.79 Å². The molecule has 156 valence electrons. The summed E-state index contributed by atoms with van der Waals surface area (Å²) in [6.45, 7) is 3.45. The molecular weight excluding hydrogens is 423 g/mol. The lowest BCUT2D eigenvalue weighted by molar-refractivity contribution is 0.0539. The fraction of sp³-hybridized carbons (Fsp3) is 0.333. The van der Waals surface area contributed by atoms with Gasteiger partial charge in [-0.3, -0.25) is 4.79 Å². The number of benzene rings is 1. The van der Waals surface area contributed by atoms with Crippen LogP contribution >= 0.6 is 23.2 Å². The number of nitrogens with zero attached hydrogens (tertiary/aromatic N) is 5. The highest BCUT2D eigenvalue weighted by atomic mass is 35.5. The molecule has 7 nitrogen and oxygen atoms in total. The number of nitrogens with one attached hydrogen (secondary N) is 1. The molecule has 1 amide bonds. The fourth-order valence-corrected chi connectivity index (χ4v) is 4.24. The Morgan fingerprint density at radius 2 is 2.00 bits per heavy atom. The summed E-state index contributed by atoms with van der Waals surface area (Å²) in [6.07, 6.45) is 6.75. The maximum Gasteiger partial charge on any atom is 0.256 e. The maximum atomic E-state index is 13.6. The van der Waals surface area contributed by atoms with Crippen LogP contribution in [0.5, 0.6) is 0 Å². The van der Waals surface area contributed by atoms with Crippen LogP contribution in [-0.4, -0.2) is 49.9 Å². The van der Waals surface area contributed by atoms with E-state index in [2.05, 4.69) is 27.4 Å². The smallest absolute Gasteiger partial charge is 0.256 e. The third kappa shape index (κ3) is 4.27. The predicted octanol–water partition coefficient (Wildman–Crippen LogP) is 4.32. The predicted molar refractivity (Wildman–Crippen MR) is 117 cm³/mol. The minimum absolute atomic E-state index is 0.0149. The molecular formula is C21H22Cl2N6O. The second-order valence-electron chi connectivity index (χ2n) is 7.38. The highest BCUT2D eigenvalue weighted by Crippen LogP contribution is 2.29. The van der Waals surface area contributed by atoms with Crippen LogP contribution in [0.15, 0.2) is 48.9 Å². The van der Waals surface area contributed by atoms with Crippen LogP contribution in [0.1, 0.15) is 30.1 Å². The Labute approximate surface area is 185 Å². The van der Waals surface area contributed by atoms with Gasteiger partial charge < -0.3 is 10.2 Å². The number of carbonyl (C=O) groups excluding carboxylic acids is 1. The van der Waals surface area contributed by atoms with Crippen molar-refractivity contribution in [3.63, 3.8) is 0 Å². The van der Waals surface area contributed by atoms with Crippen molar-refractivity contribution in [2.45, 2.75) is 25.8 Å². The third-order valence-corrected chi connectivity index (χ3v) is 5.96. The average molecular weight is 445 g/mol. The fourth-order valence-electron chi connectivity index (χ4n) is 3.88. The van der Waals surface area contributed by atoms with E-state index < -0.39 is 0 Å². The molecule has 2 aromatic heterocycles. The molecule has 0 aliphatic carbocycles. The number of anilines is 1. The molecule has 1 fully saturated rings. The second kappa shape index (κ2) is 9.02. The summed E-state index contributed by atoms with van der Waals surface area (Å²) in [5.41, 5.74) is 0.987. The quantitative estimate of drug-likeness (QED) is 0.633. The van der Waals surface area contributed by atoms with Crippen molar-refractivity contribution < 1.29 is 4.79 Å². The summed E-state index contributed by atoms with van der Waals surface area (Å²) in [6, 6.07) is 8.93. The number of likely N-dealkylation sites (tertiary alicyclic amines) is 1. The number of amides is 1. The molecule has 0 spiro atoms. The lowest BCUT2D eigenvalue weighted by Gasteiger charge is -2.40. The van der Waals surface area contributed by atoms with Gasteiger partial charge >= 0.3 is 0 Å². The number of aromatic nitrogens is 4. The first kappa shape index (κ1) is 20.6. The van der Waals surface area contributed by atoms with Crippen LogP contribution in [0.25, 0.3) is 5.69 Å². The number of para-hydroxylation sites is 1. The number of hydrogen-bond donors (Lipinski definition) is 1. The van der Waals surface area contributed by atoms with Crippen molar-refractivity contribution >= 4 is 34.9 Å². The molecule has 3 heterocycles. The first-order valence-corrected chi connectivity index (χ1v) is 10.6. The van der Waals surface area contributed by atoms with Crippen LogP contribution in [0.4, 0.5) is 5.82 Å². The van der Waals surface area contributed by atoms with Crippen molar-refractivity contribution in [2.75, 3.05) is 18.4 Å². The number of piperidine rings is 1. The van der Waals surface area contributed by atoms with Gasteiger partial charge in [0.05, 0.1) is 34.0 Å². The van der Waals surface area contributed by atoms with E-state index >= 15 is 0 Å². The summed E-state index contributed by atoms with van der Waals surface area (Å²) in [5.74, 6) is 0.994. The normalized spacial score (nSPS) is 19.0. The van der Waals surface area contributed by atoms with E-state index in [-0.39, 0.29) is 11.9 Å². The molecule has 2 atom stereocenters. The number of rotatable bonds is 5. The van der Waals surface area contributed by atoms with Crippen molar-refractivity contribution in [3.8, 4) is 5.69 Å². The average Bonchev–Trinajstić information content (AvgIpc) is 3.27. The van der Waals surface area contributed by atoms with E-state index in [0.29, 0.717) is 40.3 Å². The number of hydrogen-bond acceptors (Lipinski definition) is 5. The molecule has 0 radical (unpaired) electrons. The Balaban J connectivity index is 1.60. The zero-order valence-corrected chi connectivity index (χ0v) is 18.0. The van der Waals surface area contributed by atoms with Gasteiger partial charge in [-0.05, 0) is 43.0 Å². The highest BCUT2D eigenvalue weighted by Gasteiger charge is 2.33. The molecule has 1 aliphatic heterocycles. The van der Waals surface area contributed by atoms with Gasteiger partial charge in [0, 0.05) is 19.3 Å². The molecule has 4 rings (SSSR count). The molecule has 1 saturated heterocycles. The van der Waals surface area contributed by atoms with Crippen molar-refractivity contribution in [1.82, 2.24) is 24.9 Å². The Morgan fingerprint density at radius 3 is 2.73 bits per heavy atom. The monoisotopic (exact) mass is 444 g/mol. The number of halogens is 2. The van der Waals surface area contributed by atoms with Crippen molar-refractivity contribution in [3.05, 3.63) is 64.5 Å². The molecule has 1 aliphatic rings. The van der Waals surface area contributed by atoms with Crippen LogP contribution in [0.3, 0.4) is 0 Å². The second-order valence-corrected chi connectivity index (χ2v) is 8.23. The lowest BCUT2D eigenvalue weighted by Crippen LogP contribution is -2.51. The number of carbonyl (C=O) groups is 1. The first-order chi connectivity index (χ1) is 14.5. The molecule has 0 saturated carbocycles. The molecule has 0 bridgehead atoms. The van der Waals surface area contributed by atoms with Gasteiger partial charge in [-0.15, -0.1) is 4.80 Å². The van der Waals surface area contributed by atoms with E-state index in [0.717, 1.165) is 18.7 Å². The highest BCUT2D eigenvalue weighted by molar-refractivity contribution is 6.33. The Hall–Kier alpha value is -2.64. The molecule has 1 N–H and O–H groups in total. The van der Waals surface area contributed by atoms with Gasteiger partial charge in [0.15, 0.2) is 0 Å². The molecule has 30 heavy (non-hydrogen) atoms. The van der Waals surface area contributed by atoms with E-state index in [1.807, 2.05) is 11.0 Å². The van der Waals surface area contributed by atoms with Crippen LogP contribution in [-0.2, 0) is 0 Å². The molecule has 0 unspecified atom stereocenters. The zero-order valence-electron chi connectivity index (χ0n) is 16.5. The summed E-state index contributed by atoms with van der Waals surface area (Å²) < 4.78 is 0. The topological polar surface area (TPSA) is 75.9 Å². The van der Waals surface area contributed by atoms with Crippen molar-refractivity contribution in [2.24, 2.45) is 5.92 Å². The van der Waals surface area contributed by atoms with Crippen LogP contribution in [0, 0.1) is 5.92 Å². The van der Waals surface area contributed by atoms with Crippen LogP contribution in [0.2, 0.25) is 10.0 Å². The standard InChI is InChI=1S/C21H22Cl2N6O/c1-14-4-3-11-28(18(14)13-25-19-8-7-15(22)12-24-19)21(30)16-5-2-6-17(23)20(16)29-26-9-10-27-29/h2,5-10,12,14,18H,3-4,11,13H2,1H3,(H,24,25)/t14-,18-/m1/s1. The Bertz CT molecular complexity index is 1010. The maximum absolute atomic E-state index is 13.6. The number of pyridine rings is 1. The summed E-state index contributed by atoms with van der Waals surface area (Å²) in [4.78, 5) is 21.2. The zero-order chi connectivity index (χ0) is 21.1. The minimum atomic E-state index is -0.0767. The SMILES string of the molecule is C[C@@H]1CCCN(C(=O)c2cccc(Cl)c2-n2nccn2)[C@@H]1CNc1ccc(Cl)cn1. The molecule has 3 aromatic rings. The van der Waals surface area contributed by atoms with Crippen molar-refractivity contribution in [1.29, 1.82) is 0 Å². The molecule has 9 heteroatoms. The summed E-state index contributed by atoms with van der Waals surface area (Å²) >= 11 is 12.3. The molecule has 1 aromatic carbocycles. The van der Waals surface area contributed by atoms with E-state index in [1.165, 1.54) is 4.80 Å². The van der Waals surface area contributed by atoms with Crippen LogP contribution < -0.4 is 5.32 Å². The third-order valence-electron chi connectivity index (χ3n) is 5.43. The van der Waals surface area contributed by atoms with Gasteiger partial charge in [-0.2, -0.15) is 10.2 Å². The van der Waals surface area contributed by atoms with E-state index in [1.54, 1.807) is 42.9 Å². The summed E-state index contributed by atoms with van der Waals surface area (Å²) in [5, 5.41) is 12.7. The largest absolute Gasteiger partial charge is 0.368 e. The van der Waals surface area contributed by atoms with Gasteiger partial charge in [0.2, 0.25) is 0 Å².